The highest BCUT2D eigenvalue weighted by Gasteiger charge is 2.17. The quantitative estimate of drug-likeness (QED) is 0.821. The summed E-state index contributed by atoms with van der Waals surface area (Å²) in [7, 11) is 1.69. The van der Waals surface area contributed by atoms with Crippen molar-refractivity contribution < 1.29 is 14.3 Å². The van der Waals surface area contributed by atoms with E-state index in [2.05, 4.69) is 17.4 Å². The van der Waals surface area contributed by atoms with E-state index in [0.29, 0.717) is 45.9 Å². The molecular formula is C16H24N2O3. The van der Waals surface area contributed by atoms with Crippen LogP contribution in [0, 0.1) is 0 Å². The van der Waals surface area contributed by atoms with Gasteiger partial charge in [-0.15, -0.1) is 0 Å². The van der Waals surface area contributed by atoms with Gasteiger partial charge in [-0.1, -0.05) is 30.3 Å². The number of rotatable bonds is 7. The van der Waals surface area contributed by atoms with Crippen LogP contribution in [0.15, 0.2) is 30.3 Å². The molecule has 1 aliphatic rings. The molecule has 1 atom stereocenters. The number of hydrogen-bond acceptors (Lipinski definition) is 4. The highest BCUT2D eigenvalue weighted by atomic mass is 16.5. The Morgan fingerprint density at radius 2 is 2.05 bits per heavy atom. The van der Waals surface area contributed by atoms with Crippen LogP contribution >= 0.6 is 0 Å². The molecular weight excluding hydrogens is 268 g/mol. The van der Waals surface area contributed by atoms with E-state index in [1.54, 1.807) is 7.11 Å². The zero-order chi connectivity index (χ0) is 14.9. The van der Waals surface area contributed by atoms with Gasteiger partial charge in [0.25, 0.3) is 0 Å². The van der Waals surface area contributed by atoms with Crippen LogP contribution in [-0.2, 0) is 14.3 Å². The normalized spacial score (nSPS) is 16.7. The molecule has 1 saturated heterocycles. The molecule has 1 amide bonds. The monoisotopic (exact) mass is 292 g/mol. The van der Waals surface area contributed by atoms with E-state index in [-0.39, 0.29) is 11.9 Å². The second-order valence-corrected chi connectivity index (χ2v) is 5.12. The van der Waals surface area contributed by atoms with Crippen LogP contribution in [0.2, 0.25) is 0 Å². The third-order valence-corrected chi connectivity index (χ3v) is 3.63. The van der Waals surface area contributed by atoms with Crippen molar-refractivity contribution in [2.45, 2.75) is 12.5 Å². The summed E-state index contributed by atoms with van der Waals surface area (Å²) in [5.74, 6) is 0.190. The van der Waals surface area contributed by atoms with E-state index < -0.39 is 0 Å². The zero-order valence-corrected chi connectivity index (χ0v) is 12.6. The molecule has 5 nitrogen and oxygen atoms in total. The minimum Gasteiger partial charge on any atom is -0.383 e. The number of methoxy groups -OCH3 is 1. The molecule has 0 spiro atoms. The summed E-state index contributed by atoms with van der Waals surface area (Å²) in [4.78, 5) is 13.9. The largest absolute Gasteiger partial charge is 0.383 e. The van der Waals surface area contributed by atoms with Gasteiger partial charge < -0.3 is 19.7 Å². The number of ether oxygens (including phenoxy) is 2. The van der Waals surface area contributed by atoms with Crippen molar-refractivity contribution in [2.75, 3.05) is 46.6 Å². The fourth-order valence-corrected chi connectivity index (χ4v) is 2.45. The molecule has 0 aromatic heterocycles. The first kappa shape index (κ1) is 15.9. The molecule has 1 aromatic rings. The third kappa shape index (κ3) is 5.12. The van der Waals surface area contributed by atoms with Crippen LogP contribution in [-0.4, -0.2) is 57.4 Å². The van der Waals surface area contributed by atoms with Gasteiger partial charge in [0.05, 0.1) is 25.9 Å². The molecule has 1 heterocycles. The van der Waals surface area contributed by atoms with Crippen LogP contribution in [0.3, 0.4) is 0 Å². The second kappa shape index (κ2) is 8.77. The average Bonchev–Trinajstić information content (AvgIpc) is 2.55. The van der Waals surface area contributed by atoms with E-state index in [0.717, 1.165) is 0 Å². The van der Waals surface area contributed by atoms with Crippen molar-refractivity contribution >= 4 is 5.91 Å². The lowest BCUT2D eigenvalue weighted by atomic mass is 10.1. The summed E-state index contributed by atoms with van der Waals surface area (Å²) in [6.07, 6.45) is 0.507. The molecule has 1 fully saturated rings. The van der Waals surface area contributed by atoms with Gasteiger partial charge >= 0.3 is 0 Å². The third-order valence-electron chi connectivity index (χ3n) is 3.63. The number of carbonyl (C=O) groups is 1. The Balaban J connectivity index is 1.78. The molecule has 1 N–H and O–H groups in total. The second-order valence-electron chi connectivity index (χ2n) is 5.12. The maximum absolute atomic E-state index is 12.1. The van der Waals surface area contributed by atoms with E-state index in [1.165, 1.54) is 5.56 Å². The predicted octanol–water partition coefficient (Wildman–Crippen LogP) is 1.21. The van der Waals surface area contributed by atoms with Crippen LogP contribution in [0.1, 0.15) is 18.0 Å². The molecule has 0 bridgehead atoms. The van der Waals surface area contributed by atoms with E-state index in [4.69, 9.17) is 9.47 Å². The molecule has 1 unspecified atom stereocenters. The molecule has 1 aromatic carbocycles. The SMILES string of the molecule is COCC(NCCC(=O)N1CCOCC1)c1ccccc1. The van der Waals surface area contributed by atoms with Gasteiger partial charge in [0.2, 0.25) is 5.91 Å². The molecule has 2 rings (SSSR count). The maximum Gasteiger partial charge on any atom is 0.224 e. The van der Waals surface area contributed by atoms with Crippen LogP contribution < -0.4 is 5.32 Å². The van der Waals surface area contributed by atoms with E-state index >= 15 is 0 Å². The van der Waals surface area contributed by atoms with Crippen molar-refractivity contribution in [3.8, 4) is 0 Å². The Kier molecular flexibility index (Phi) is 6.66. The van der Waals surface area contributed by atoms with Crippen LogP contribution in [0.4, 0.5) is 0 Å². The van der Waals surface area contributed by atoms with Crippen LogP contribution in [0.25, 0.3) is 0 Å². The summed E-state index contributed by atoms with van der Waals surface area (Å²) < 4.78 is 10.5. The van der Waals surface area contributed by atoms with Crippen LogP contribution in [0.5, 0.6) is 0 Å². The lowest BCUT2D eigenvalue weighted by Crippen LogP contribution is -2.42. The fourth-order valence-electron chi connectivity index (χ4n) is 2.45. The van der Waals surface area contributed by atoms with Gasteiger partial charge in [0.1, 0.15) is 0 Å². The first-order valence-electron chi connectivity index (χ1n) is 7.44. The Labute approximate surface area is 126 Å². The van der Waals surface area contributed by atoms with Gasteiger partial charge in [-0.05, 0) is 5.56 Å². The molecule has 0 aliphatic carbocycles. The standard InChI is InChI=1S/C16H24N2O3/c1-20-13-15(14-5-3-2-4-6-14)17-8-7-16(19)18-9-11-21-12-10-18/h2-6,15,17H,7-13H2,1H3. The smallest absolute Gasteiger partial charge is 0.224 e. The number of nitrogens with one attached hydrogen (secondary N) is 1. The predicted molar refractivity (Wildman–Crippen MR) is 81.1 cm³/mol. The van der Waals surface area contributed by atoms with Gasteiger partial charge in [0, 0.05) is 33.2 Å². The minimum absolute atomic E-state index is 0.119. The van der Waals surface area contributed by atoms with E-state index in [9.17, 15) is 4.79 Å². The summed E-state index contributed by atoms with van der Waals surface area (Å²) in [6, 6.07) is 10.3. The lowest BCUT2D eigenvalue weighted by molar-refractivity contribution is -0.135. The van der Waals surface area contributed by atoms with Crippen molar-refractivity contribution in [3.63, 3.8) is 0 Å². The highest BCUT2D eigenvalue weighted by Crippen LogP contribution is 2.12. The average molecular weight is 292 g/mol. The molecule has 5 heteroatoms. The first-order chi connectivity index (χ1) is 10.3. The van der Waals surface area contributed by atoms with Gasteiger partial charge in [-0.25, -0.2) is 0 Å². The number of nitrogens with zero attached hydrogens (tertiary/aromatic N) is 1. The van der Waals surface area contributed by atoms with E-state index in [1.807, 2.05) is 23.1 Å². The Bertz CT molecular complexity index is 419. The summed E-state index contributed by atoms with van der Waals surface area (Å²) in [6.45, 7) is 3.96. The van der Waals surface area contributed by atoms with Crippen molar-refractivity contribution in [1.82, 2.24) is 10.2 Å². The van der Waals surface area contributed by atoms with Gasteiger partial charge in [-0.2, -0.15) is 0 Å². The Hall–Kier alpha value is -1.43. The molecule has 116 valence electrons. The number of hydrogen-bond donors (Lipinski definition) is 1. The van der Waals surface area contributed by atoms with Gasteiger partial charge in [-0.3, -0.25) is 4.79 Å². The van der Waals surface area contributed by atoms with Crippen molar-refractivity contribution in [1.29, 1.82) is 0 Å². The highest BCUT2D eigenvalue weighted by molar-refractivity contribution is 5.76. The van der Waals surface area contributed by atoms with Gasteiger partial charge in [0.15, 0.2) is 0 Å². The topological polar surface area (TPSA) is 50.8 Å². The summed E-state index contributed by atoms with van der Waals surface area (Å²) in [5, 5.41) is 3.40. The molecule has 0 saturated carbocycles. The number of amides is 1. The number of carbonyl (C=O) groups excluding carboxylic acids is 1. The molecule has 21 heavy (non-hydrogen) atoms. The Morgan fingerprint density at radius 1 is 1.33 bits per heavy atom. The molecule has 0 radical (unpaired) electrons. The van der Waals surface area contributed by atoms with Crippen molar-refractivity contribution in [2.24, 2.45) is 0 Å². The van der Waals surface area contributed by atoms with Crippen molar-refractivity contribution in [3.05, 3.63) is 35.9 Å². The first-order valence-corrected chi connectivity index (χ1v) is 7.44. The number of morpholine rings is 1. The maximum atomic E-state index is 12.1. The number of benzene rings is 1. The fraction of sp³-hybridized carbons (Fsp3) is 0.562. The summed E-state index contributed by atoms with van der Waals surface area (Å²) >= 11 is 0. The summed E-state index contributed by atoms with van der Waals surface area (Å²) in [5.41, 5.74) is 1.18. The zero-order valence-electron chi connectivity index (χ0n) is 12.6. The lowest BCUT2D eigenvalue weighted by Gasteiger charge is -2.27. The minimum atomic E-state index is 0.119. The Morgan fingerprint density at radius 3 is 2.71 bits per heavy atom. The molecule has 1 aliphatic heterocycles.